The number of carbonyl (C=O) groups excluding carboxylic acids is 1. The molecule has 1 amide bonds. The predicted molar refractivity (Wildman–Crippen MR) is 66.5 cm³/mol. The van der Waals surface area contributed by atoms with Gasteiger partial charge in [0, 0.05) is 32.1 Å². The number of nitrogens with zero attached hydrogens (tertiary/aromatic N) is 1. The van der Waals surface area contributed by atoms with Gasteiger partial charge in [-0.1, -0.05) is 0 Å². The first-order valence-corrected chi connectivity index (χ1v) is 5.69. The van der Waals surface area contributed by atoms with Gasteiger partial charge in [-0.25, -0.2) is 0 Å². The number of ether oxygens (including phenoxy) is 1. The summed E-state index contributed by atoms with van der Waals surface area (Å²) in [6.07, 6.45) is 0.0984. The largest absolute Gasteiger partial charge is 0.380 e. The van der Waals surface area contributed by atoms with Gasteiger partial charge in [0.1, 0.15) is 0 Å². The molecule has 3 N–H and O–H groups in total. The fourth-order valence-electron chi connectivity index (χ4n) is 1.58. The summed E-state index contributed by atoms with van der Waals surface area (Å²) in [5.41, 5.74) is 7.71. The van der Waals surface area contributed by atoms with E-state index in [1.54, 1.807) is 7.11 Å². The summed E-state index contributed by atoms with van der Waals surface area (Å²) >= 11 is 0. The topological polar surface area (TPSA) is 69.3 Å². The molecule has 1 atom stereocenters. The molecule has 0 bridgehead atoms. The van der Waals surface area contributed by atoms with E-state index in [1.807, 2.05) is 26.1 Å². The zero-order chi connectivity index (χ0) is 12.8. The number of methoxy groups -OCH3 is 1. The van der Waals surface area contributed by atoms with Crippen LogP contribution in [0.25, 0.3) is 0 Å². The highest BCUT2D eigenvalue weighted by atomic mass is 16.5. The molecule has 0 fully saturated rings. The molecule has 1 aromatic heterocycles. The van der Waals surface area contributed by atoms with Gasteiger partial charge in [0.25, 0.3) is 0 Å². The Kier molecular flexibility index (Phi) is 5.18. The summed E-state index contributed by atoms with van der Waals surface area (Å²) in [6.45, 7) is 2.91. The molecule has 1 unspecified atom stereocenters. The highest BCUT2D eigenvalue weighted by molar-refractivity contribution is 5.76. The number of carbonyl (C=O) groups is 1. The Bertz CT molecular complexity index is 370. The van der Waals surface area contributed by atoms with E-state index in [-0.39, 0.29) is 12.0 Å². The van der Waals surface area contributed by atoms with Crippen LogP contribution in [-0.4, -0.2) is 30.2 Å². The fourth-order valence-corrected chi connectivity index (χ4v) is 1.58. The van der Waals surface area contributed by atoms with Crippen molar-refractivity contribution in [3.63, 3.8) is 0 Å². The molecule has 0 radical (unpaired) electrons. The van der Waals surface area contributed by atoms with Crippen LogP contribution in [0.4, 0.5) is 0 Å². The molecular weight excluding hydrogens is 218 g/mol. The van der Waals surface area contributed by atoms with E-state index in [0.29, 0.717) is 19.5 Å². The maximum absolute atomic E-state index is 11.6. The zero-order valence-electron chi connectivity index (χ0n) is 10.7. The van der Waals surface area contributed by atoms with E-state index in [9.17, 15) is 4.79 Å². The fraction of sp³-hybridized carbons (Fsp3) is 0.583. The number of nitrogens with one attached hydrogen (secondary N) is 1. The molecule has 0 saturated carbocycles. The first kappa shape index (κ1) is 13.7. The molecule has 1 rings (SSSR count). The number of aryl methyl sites for hydroxylation is 1. The molecule has 5 heteroatoms. The summed E-state index contributed by atoms with van der Waals surface area (Å²) in [7, 11) is 3.54. The van der Waals surface area contributed by atoms with Crippen molar-refractivity contribution in [1.82, 2.24) is 9.88 Å². The molecule has 0 aliphatic carbocycles. The normalized spacial score (nSPS) is 12.5. The molecule has 0 aliphatic heterocycles. The molecule has 0 aromatic carbocycles. The predicted octanol–water partition coefficient (Wildman–Crippen LogP) is 0.314. The van der Waals surface area contributed by atoms with E-state index in [0.717, 1.165) is 5.69 Å². The van der Waals surface area contributed by atoms with Gasteiger partial charge in [0.2, 0.25) is 5.91 Å². The molecule has 96 valence electrons. The second-order valence-electron chi connectivity index (χ2n) is 4.10. The second kappa shape index (κ2) is 6.42. The van der Waals surface area contributed by atoms with E-state index in [1.165, 1.54) is 5.69 Å². The van der Waals surface area contributed by atoms with Gasteiger partial charge in [-0.2, -0.15) is 0 Å². The van der Waals surface area contributed by atoms with Gasteiger partial charge >= 0.3 is 0 Å². The first-order chi connectivity index (χ1) is 8.08. The Morgan fingerprint density at radius 3 is 2.76 bits per heavy atom. The van der Waals surface area contributed by atoms with Crippen LogP contribution in [0, 0.1) is 6.92 Å². The number of amides is 1. The van der Waals surface area contributed by atoms with Gasteiger partial charge < -0.3 is 20.4 Å². The van der Waals surface area contributed by atoms with Crippen LogP contribution in [0.5, 0.6) is 0 Å². The zero-order valence-corrected chi connectivity index (χ0v) is 10.7. The second-order valence-corrected chi connectivity index (χ2v) is 4.10. The van der Waals surface area contributed by atoms with Gasteiger partial charge in [0.15, 0.2) is 0 Å². The van der Waals surface area contributed by atoms with Crippen molar-refractivity contribution < 1.29 is 9.53 Å². The Labute approximate surface area is 102 Å². The van der Waals surface area contributed by atoms with E-state index in [2.05, 4.69) is 9.88 Å². The molecule has 1 heterocycles. The first-order valence-electron chi connectivity index (χ1n) is 5.69. The lowest BCUT2D eigenvalue weighted by molar-refractivity contribution is -0.123. The number of rotatable bonds is 6. The van der Waals surface area contributed by atoms with Crippen molar-refractivity contribution in [2.24, 2.45) is 12.8 Å². The van der Waals surface area contributed by atoms with Crippen molar-refractivity contribution >= 4 is 5.91 Å². The molecule has 5 nitrogen and oxygen atoms in total. The minimum Gasteiger partial charge on any atom is -0.380 e. The molecule has 0 spiro atoms. The number of aromatic nitrogens is 1. The maximum atomic E-state index is 11.6. The summed E-state index contributed by atoms with van der Waals surface area (Å²) in [5.74, 6) is -0.0406. The average Bonchev–Trinajstić information content (AvgIpc) is 2.64. The van der Waals surface area contributed by atoms with Crippen molar-refractivity contribution in [2.75, 3.05) is 13.7 Å². The van der Waals surface area contributed by atoms with Gasteiger partial charge in [-0.3, -0.25) is 4.79 Å². The Morgan fingerprint density at radius 2 is 2.29 bits per heavy atom. The van der Waals surface area contributed by atoms with Crippen molar-refractivity contribution in [3.8, 4) is 0 Å². The van der Waals surface area contributed by atoms with E-state index < -0.39 is 0 Å². The smallest absolute Gasteiger partial charge is 0.222 e. The Hall–Kier alpha value is -1.33. The summed E-state index contributed by atoms with van der Waals surface area (Å²) < 4.78 is 7.11. The van der Waals surface area contributed by atoms with Crippen LogP contribution >= 0.6 is 0 Å². The van der Waals surface area contributed by atoms with Crippen LogP contribution in [0.15, 0.2) is 12.1 Å². The third kappa shape index (κ3) is 3.87. The highest BCUT2D eigenvalue weighted by Crippen LogP contribution is 2.05. The molecule has 17 heavy (non-hydrogen) atoms. The Balaban J connectivity index is 2.40. The molecule has 0 aliphatic rings. The third-order valence-electron chi connectivity index (χ3n) is 2.95. The lowest BCUT2D eigenvalue weighted by Gasteiger charge is -2.13. The molecule has 1 aromatic rings. The number of nitrogens with two attached hydrogens (primary N) is 1. The third-order valence-corrected chi connectivity index (χ3v) is 2.95. The standard InChI is InChI=1S/C12H21N3O2/c1-9-4-5-10(15(9)2)8-14-12(16)6-11(7-13)17-3/h4-5,11H,6-8,13H2,1-3H3,(H,14,16). The van der Waals surface area contributed by atoms with E-state index in [4.69, 9.17) is 10.5 Å². The molecular formula is C12H21N3O2. The minimum atomic E-state index is -0.204. The summed E-state index contributed by atoms with van der Waals surface area (Å²) in [6, 6.07) is 4.03. The van der Waals surface area contributed by atoms with Crippen molar-refractivity contribution in [3.05, 3.63) is 23.5 Å². The van der Waals surface area contributed by atoms with Crippen molar-refractivity contribution in [2.45, 2.75) is 26.0 Å². The lowest BCUT2D eigenvalue weighted by Crippen LogP contribution is -2.32. The van der Waals surface area contributed by atoms with Crippen LogP contribution in [0.3, 0.4) is 0 Å². The average molecular weight is 239 g/mol. The monoisotopic (exact) mass is 239 g/mol. The summed E-state index contributed by atoms with van der Waals surface area (Å²) in [5, 5.41) is 2.86. The number of hydrogen-bond donors (Lipinski definition) is 2. The van der Waals surface area contributed by atoms with E-state index >= 15 is 0 Å². The van der Waals surface area contributed by atoms with Crippen LogP contribution in [0.2, 0.25) is 0 Å². The number of hydrogen-bond acceptors (Lipinski definition) is 3. The molecule has 0 saturated heterocycles. The summed E-state index contributed by atoms with van der Waals surface area (Å²) in [4.78, 5) is 11.6. The quantitative estimate of drug-likeness (QED) is 0.751. The van der Waals surface area contributed by atoms with Crippen molar-refractivity contribution in [1.29, 1.82) is 0 Å². The maximum Gasteiger partial charge on any atom is 0.222 e. The van der Waals surface area contributed by atoms with Gasteiger partial charge in [-0.05, 0) is 19.1 Å². The Morgan fingerprint density at radius 1 is 1.59 bits per heavy atom. The SMILES string of the molecule is COC(CN)CC(=O)NCc1ccc(C)n1C. The van der Waals surface area contributed by atoms with Crippen LogP contribution in [-0.2, 0) is 23.1 Å². The van der Waals surface area contributed by atoms with Crippen LogP contribution < -0.4 is 11.1 Å². The highest BCUT2D eigenvalue weighted by Gasteiger charge is 2.11. The van der Waals surface area contributed by atoms with Crippen LogP contribution in [0.1, 0.15) is 17.8 Å². The van der Waals surface area contributed by atoms with Gasteiger partial charge in [0.05, 0.1) is 19.1 Å². The lowest BCUT2D eigenvalue weighted by atomic mass is 10.2. The van der Waals surface area contributed by atoms with Gasteiger partial charge in [-0.15, -0.1) is 0 Å². The minimum absolute atomic E-state index is 0.0406.